The van der Waals surface area contributed by atoms with Gasteiger partial charge in [0.25, 0.3) is 0 Å². The van der Waals surface area contributed by atoms with Crippen molar-refractivity contribution in [1.29, 1.82) is 0 Å². The Labute approximate surface area is 171 Å². The van der Waals surface area contributed by atoms with E-state index in [1.807, 2.05) is 19.0 Å². The van der Waals surface area contributed by atoms with Gasteiger partial charge in [-0.15, -0.1) is 0 Å². The highest BCUT2D eigenvalue weighted by molar-refractivity contribution is 5.66. The van der Waals surface area contributed by atoms with Crippen molar-refractivity contribution in [3.8, 4) is 22.8 Å². The summed E-state index contributed by atoms with van der Waals surface area (Å²) in [6.45, 7) is 1.85. The highest BCUT2D eigenvalue weighted by Gasteiger charge is 2.36. The Hall–Kier alpha value is -2.91. The Kier molecular flexibility index (Phi) is 6.73. The van der Waals surface area contributed by atoms with Crippen molar-refractivity contribution >= 4 is 0 Å². The Bertz CT molecular complexity index is 973. The third-order valence-corrected chi connectivity index (χ3v) is 4.52. The van der Waals surface area contributed by atoms with Gasteiger partial charge in [0.1, 0.15) is 17.3 Å². The molecule has 0 fully saturated rings. The molecule has 2 N–H and O–H groups in total. The summed E-state index contributed by atoms with van der Waals surface area (Å²) in [6, 6.07) is 9.47. The smallest absolute Gasteiger partial charge is 0.420 e. The van der Waals surface area contributed by atoms with E-state index in [4.69, 9.17) is 4.74 Å². The maximum Gasteiger partial charge on any atom is 0.420 e. The largest absolute Gasteiger partial charge is 0.457 e. The van der Waals surface area contributed by atoms with Crippen LogP contribution in [0.25, 0.3) is 11.3 Å². The minimum absolute atomic E-state index is 0.184. The lowest BCUT2D eigenvalue weighted by molar-refractivity contribution is -0.138. The van der Waals surface area contributed by atoms with Crippen molar-refractivity contribution in [3.63, 3.8) is 0 Å². The summed E-state index contributed by atoms with van der Waals surface area (Å²) in [5.41, 5.74) is -0.470. The molecule has 0 spiro atoms. The van der Waals surface area contributed by atoms with E-state index in [1.54, 1.807) is 18.2 Å². The molecule has 2 aromatic carbocycles. The number of halogens is 4. The molecule has 160 valence electrons. The molecule has 1 aromatic heterocycles. The van der Waals surface area contributed by atoms with Crippen LogP contribution in [0.4, 0.5) is 17.6 Å². The topological polar surface area (TPSA) is 53.2 Å². The lowest BCUT2D eigenvalue weighted by Crippen LogP contribution is -2.27. The van der Waals surface area contributed by atoms with E-state index in [0.29, 0.717) is 18.7 Å². The van der Waals surface area contributed by atoms with Crippen LogP contribution in [-0.4, -0.2) is 42.3 Å². The minimum Gasteiger partial charge on any atom is -0.457 e. The monoisotopic (exact) mass is 422 g/mol. The number of likely N-dealkylation sites (N-methyl/N-ethyl adjacent to an activating group) is 2. The average molecular weight is 422 g/mol. The van der Waals surface area contributed by atoms with Gasteiger partial charge in [-0.05, 0) is 32.3 Å². The molecular formula is C21H22F4N4O. The standard InChI is InChI=1S/C21H22F4N4O/c1-26-8-9-29(2)13-14-12-27-28-20(14)16-10-17(21(23,24)25)19(11-18(16)22)30-15-6-4-3-5-7-15/h3-7,10-12,26H,8-9,13H2,1-2H3,(H,27,28). The molecule has 9 heteroatoms. The van der Waals surface area contributed by atoms with Crippen LogP contribution in [0, 0.1) is 5.82 Å². The van der Waals surface area contributed by atoms with E-state index in [9.17, 15) is 17.6 Å². The van der Waals surface area contributed by atoms with Gasteiger partial charge in [0.15, 0.2) is 0 Å². The number of H-pyrrole nitrogens is 1. The number of alkyl halides is 3. The zero-order valence-electron chi connectivity index (χ0n) is 16.6. The van der Waals surface area contributed by atoms with Gasteiger partial charge >= 0.3 is 6.18 Å². The average Bonchev–Trinajstić information content (AvgIpc) is 3.14. The van der Waals surface area contributed by atoms with Crippen LogP contribution < -0.4 is 10.1 Å². The Morgan fingerprint density at radius 3 is 2.57 bits per heavy atom. The van der Waals surface area contributed by atoms with Gasteiger partial charge in [-0.3, -0.25) is 5.10 Å². The van der Waals surface area contributed by atoms with Gasteiger partial charge in [-0.1, -0.05) is 18.2 Å². The summed E-state index contributed by atoms with van der Waals surface area (Å²) in [4.78, 5) is 1.96. The van der Waals surface area contributed by atoms with Crippen molar-refractivity contribution in [2.24, 2.45) is 0 Å². The van der Waals surface area contributed by atoms with Crippen LogP contribution in [-0.2, 0) is 12.7 Å². The van der Waals surface area contributed by atoms with E-state index in [1.165, 1.54) is 18.3 Å². The molecule has 0 aliphatic rings. The number of nitrogens with zero attached hydrogens (tertiary/aromatic N) is 2. The van der Waals surface area contributed by atoms with Crippen molar-refractivity contribution in [3.05, 3.63) is 65.6 Å². The maximum atomic E-state index is 14.9. The first-order valence-electron chi connectivity index (χ1n) is 9.29. The first-order chi connectivity index (χ1) is 14.3. The molecule has 0 unspecified atom stereocenters. The second kappa shape index (κ2) is 9.27. The molecule has 3 aromatic rings. The zero-order valence-corrected chi connectivity index (χ0v) is 16.6. The Morgan fingerprint density at radius 2 is 1.90 bits per heavy atom. The van der Waals surface area contributed by atoms with E-state index in [-0.39, 0.29) is 17.0 Å². The summed E-state index contributed by atoms with van der Waals surface area (Å²) < 4.78 is 61.3. The Balaban J connectivity index is 1.98. The lowest BCUT2D eigenvalue weighted by atomic mass is 10.0. The molecule has 0 amide bonds. The van der Waals surface area contributed by atoms with E-state index in [2.05, 4.69) is 15.5 Å². The quantitative estimate of drug-likeness (QED) is 0.518. The zero-order chi connectivity index (χ0) is 21.7. The van der Waals surface area contributed by atoms with Crippen LogP contribution in [0.15, 0.2) is 48.7 Å². The van der Waals surface area contributed by atoms with Crippen LogP contribution in [0.2, 0.25) is 0 Å². The number of hydrogen-bond donors (Lipinski definition) is 2. The number of rotatable bonds is 8. The minimum atomic E-state index is -4.73. The summed E-state index contributed by atoms with van der Waals surface area (Å²) in [5, 5.41) is 9.56. The molecule has 3 rings (SSSR count). The first-order valence-corrected chi connectivity index (χ1v) is 9.29. The van der Waals surface area contributed by atoms with Gasteiger partial charge in [0, 0.05) is 36.8 Å². The molecular weight excluding hydrogens is 400 g/mol. The molecule has 1 heterocycles. The first kappa shape index (κ1) is 21.8. The number of benzene rings is 2. The fourth-order valence-electron chi connectivity index (χ4n) is 3.00. The molecule has 5 nitrogen and oxygen atoms in total. The van der Waals surface area contributed by atoms with Crippen molar-refractivity contribution < 1.29 is 22.3 Å². The summed E-state index contributed by atoms with van der Waals surface area (Å²) in [7, 11) is 3.69. The predicted octanol–water partition coefficient (Wildman–Crippen LogP) is 4.68. The third kappa shape index (κ3) is 5.17. The SMILES string of the molecule is CNCCN(C)Cc1cn[nH]c1-c1cc(C(F)(F)F)c(Oc2ccccc2)cc1F. The van der Waals surface area contributed by atoms with E-state index >= 15 is 0 Å². The summed E-state index contributed by atoms with van der Waals surface area (Å²) >= 11 is 0. The van der Waals surface area contributed by atoms with Crippen LogP contribution >= 0.6 is 0 Å². The number of ether oxygens (including phenoxy) is 1. The third-order valence-electron chi connectivity index (χ3n) is 4.52. The van der Waals surface area contributed by atoms with Gasteiger partial charge < -0.3 is 15.0 Å². The number of para-hydroxylation sites is 1. The molecule has 0 radical (unpaired) electrons. The molecule has 0 saturated heterocycles. The lowest BCUT2D eigenvalue weighted by Gasteiger charge is -2.18. The summed E-state index contributed by atoms with van der Waals surface area (Å²) in [6.07, 6.45) is -3.23. The second-order valence-electron chi connectivity index (χ2n) is 6.85. The Morgan fingerprint density at radius 1 is 1.17 bits per heavy atom. The highest BCUT2D eigenvalue weighted by atomic mass is 19.4. The van der Waals surface area contributed by atoms with Gasteiger partial charge in [0.2, 0.25) is 0 Å². The maximum absolute atomic E-state index is 14.9. The fourth-order valence-corrected chi connectivity index (χ4v) is 3.00. The van der Waals surface area contributed by atoms with Gasteiger partial charge in [-0.25, -0.2) is 4.39 Å². The molecule has 0 atom stereocenters. The summed E-state index contributed by atoms with van der Waals surface area (Å²) in [5.74, 6) is -1.25. The number of aromatic nitrogens is 2. The number of hydrogen-bond acceptors (Lipinski definition) is 4. The van der Waals surface area contributed by atoms with Crippen molar-refractivity contribution in [1.82, 2.24) is 20.4 Å². The van der Waals surface area contributed by atoms with Crippen molar-refractivity contribution in [2.75, 3.05) is 27.2 Å². The van der Waals surface area contributed by atoms with E-state index < -0.39 is 23.3 Å². The van der Waals surface area contributed by atoms with E-state index in [0.717, 1.165) is 18.7 Å². The molecule has 0 aliphatic heterocycles. The fraction of sp³-hybridized carbons (Fsp3) is 0.286. The van der Waals surface area contributed by atoms with Gasteiger partial charge in [0.05, 0.1) is 17.5 Å². The van der Waals surface area contributed by atoms with Crippen LogP contribution in [0.3, 0.4) is 0 Å². The molecule has 0 aliphatic carbocycles. The molecule has 30 heavy (non-hydrogen) atoms. The molecule has 0 bridgehead atoms. The van der Waals surface area contributed by atoms with Crippen molar-refractivity contribution in [2.45, 2.75) is 12.7 Å². The number of nitrogens with one attached hydrogen (secondary N) is 2. The van der Waals surface area contributed by atoms with Crippen LogP contribution in [0.1, 0.15) is 11.1 Å². The highest BCUT2D eigenvalue weighted by Crippen LogP contribution is 2.41. The van der Waals surface area contributed by atoms with Crippen LogP contribution in [0.5, 0.6) is 11.5 Å². The normalized spacial score (nSPS) is 11.8. The molecule has 0 saturated carbocycles. The number of aromatic amines is 1. The van der Waals surface area contributed by atoms with Gasteiger partial charge in [-0.2, -0.15) is 18.3 Å². The second-order valence-corrected chi connectivity index (χ2v) is 6.85. The predicted molar refractivity (Wildman–Crippen MR) is 106 cm³/mol.